The quantitative estimate of drug-likeness (QED) is 0.708. The Hall–Kier alpha value is -2.82. The number of benzene rings is 2. The van der Waals surface area contributed by atoms with Crippen molar-refractivity contribution in [1.82, 2.24) is 0 Å². The van der Waals surface area contributed by atoms with Crippen LogP contribution in [0.15, 0.2) is 48.5 Å². The predicted molar refractivity (Wildman–Crippen MR) is 103 cm³/mol. The van der Waals surface area contributed by atoms with Gasteiger partial charge in [-0.25, -0.2) is 0 Å². The van der Waals surface area contributed by atoms with E-state index in [1.165, 1.54) is 12.5 Å². The predicted octanol–water partition coefficient (Wildman–Crippen LogP) is 4.21. The Labute approximate surface area is 148 Å². The lowest BCUT2D eigenvalue weighted by atomic mass is 10.0. The van der Waals surface area contributed by atoms with Gasteiger partial charge in [-0.05, 0) is 47.9 Å². The van der Waals surface area contributed by atoms with Crippen LogP contribution in [0.3, 0.4) is 0 Å². The van der Waals surface area contributed by atoms with Crippen LogP contribution < -0.4 is 16.0 Å². The highest BCUT2D eigenvalue weighted by Crippen LogP contribution is 2.17. The van der Waals surface area contributed by atoms with Gasteiger partial charge < -0.3 is 16.0 Å². The molecule has 0 atom stereocenters. The van der Waals surface area contributed by atoms with E-state index >= 15 is 0 Å². The molecule has 0 aliphatic heterocycles. The van der Waals surface area contributed by atoms with Crippen LogP contribution in [0, 0.1) is 0 Å². The first-order chi connectivity index (χ1) is 11.9. The number of hydrogen-bond acceptors (Lipinski definition) is 3. The second kappa shape index (κ2) is 8.87. The highest BCUT2D eigenvalue weighted by molar-refractivity contribution is 5.92. The highest BCUT2D eigenvalue weighted by atomic mass is 16.2. The van der Waals surface area contributed by atoms with Crippen LogP contribution >= 0.6 is 0 Å². The van der Waals surface area contributed by atoms with Gasteiger partial charge in [-0.3, -0.25) is 9.59 Å². The van der Waals surface area contributed by atoms with E-state index in [0.717, 1.165) is 5.69 Å². The zero-order chi connectivity index (χ0) is 18.2. The van der Waals surface area contributed by atoms with Gasteiger partial charge in [-0.15, -0.1) is 0 Å². The molecule has 2 aromatic rings. The molecule has 0 spiro atoms. The second-order valence-electron chi connectivity index (χ2n) is 6.26. The maximum absolute atomic E-state index is 12.0. The molecule has 2 amide bonds. The van der Waals surface area contributed by atoms with E-state index in [0.29, 0.717) is 30.3 Å². The summed E-state index contributed by atoms with van der Waals surface area (Å²) in [7, 11) is 0. The summed E-state index contributed by atoms with van der Waals surface area (Å²) in [5.41, 5.74) is 3.72. The second-order valence-corrected chi connectivity index (χ2v) is 6.26. The SMILES string of the molecule is CC(=O)Nc1ccc(NC(=O)CCNc2ccc(C(C)C)cc2)cc1. The van der Waals surface area contributed by atoms with E-state index in [4.69, 9.17) is 0 Å². The summed E-state index contributed by atoms with van der Waals surface area (Å²) < 4.78 is 0. The highest BCUT2D eigenvalue weighted by Gasteiger charge is 2.04. The van der Waals surface area contributed by atoms with Gasteiger partial charge in [0.25, 0.3) is 0 Å². The summed E-state index contributed by atoms with van der Waals surface area (Å²) in [5.74, 6) is 0.333. The number of hydrogen-bond donors (Lipinski definition) is 3. The van der Waals surface area contributed by atoms with Crippen LogP contribution in [0.25, 0.3) is 0 Å². The molecule has 2 aromatic carbocycles. The van der Waals surface area contributed by atoms with Gasteiger partial charge in [0.05, 0.1) is 0 Å². The maximum Gasteiger partial charge on any atom is 0.226 e. The van der Waals surface area contributed by atoms with E-state index in [1.54, 1.807) is 24.3 Å². The van der Waals surface area contributed by atoms with Crippen LogP contribution in [0.5, 0.6) is 0 Å². The fourth-order valence-electron chi connectivity index (χ4n) is 2.37. The van der Waals surface area contributed by atoms with Crippen molar-refractivity contribution < 1.29 is 9.59 Å². The Morgan fingerprint density at radius 3 is 1.88 bits per heavy atom. The van der Waals surface area contributed by atoms with Gasteiger partial charge in [0.15, 0.2) is 0 Å². The van der Waals surface area contributed by atoms with E-state index in [-0.39, 0.29) is 11.8 Å². The minimum atomic E-state index is -0.121. The van der Waals surface area contributed by atoms with Gasteiger partial charge in [0, 0.05) is 37.0 Å². The third-order valence-corrected chi connectivity index (χ3v) is 3.75. The van der Waals surface area contributed by atoms with Crippen molar-refractivity contribution in [2.75, 3.05) is 22.5 Å². The zero-order valence-corrected chi connectivity index (χ0v) is 14.9. The lowest BCUT2D eigenvalue weighted by molar-refractivity contribution is -0.116. The molecule has 0 saturated carbocycles. The third-order valence-electron chi connectivity index (χ3n) is 3.75. The van der Waals surface area contributed by atoms with Crippen molar-refractivity contribution in [2.24, 2.45) is 0 Å². The number of carbonyl (C=O) groups excluding carboxylic acids is 2. The number of rotatable bonds is 7. The molecule has 0 heterocycles. The summed E-state index contributed by atoms with van der Waals surface area (Å²) in [4.78, 5) is 23.0. The van der Waals surface area contributed by atoms with Crippen LogP contribution in [-0.2, 0) is 9.59 Å². The molecule has 0 radical (unpaired) electrons. The summed E-state index contributed by atoms with van der Waals surface area (Å²) >= 11 is 0. The van der Waals surface area contributed by atoms with E-state index in [9.17, 15) is 9.59 Å². The smallest absolute Gasteiger partial charge is 0.226 e. The van der Waals surface area contributed by atoms with Crippen LogP contribution in [-0.4, -0.2) is 18.4 Å². The molecule has 0 saturated heterocycles. The van der Waals surface area contributed by atoms with Gasteiger partial charge in [0.1, 0.15) is 0 Å². The van der Waals surface area contributed by atoms with Crippen molar-refractivity contribution in [1.29, 1.82) is 0 Å². The maximum atomic E-state index is 12.0. The molecule has 0 fully saturated rings. The Bertz CT molecular complexity index is 707. The molecule has 5 heteroatoms. The van der Waals surface area contributed by atoms with Gasteiger partial charge in [-0.2, -0.15) is 0 Å². The Kier molecular flexibility index (Phi) is 6.57. The molecule has 3 N–H and O–H groups in total. The first-order valence-corrected chi connectivity index (χ1v) is 8.45. The molecular weight excluding hydrogens is 314 g/mol. The molecule has 5 nitrogen and oxygen atoms in total. The number of nitrogens with one attached hydrogen (secondary N) is 3. The Morgan fingerprint density at radius 2 is 1.36 bits per heavy atom. The molecule has 2 rings (SSSR count). The lowest BCUT2D eigenvalue weighted by Gasteiger charge is -2.10. The minimum absolute atomic E-state index is 0.0569. The first-order valence-electron chi connectivity index (χ1n) is 8.45. The van der Waals surface area contributed by atoms with E-state index in [1.807, 2.05) is 12.1 Å². The van der Waals surface area contributed by atoms with Gasteiger partial charge >= 0.3 is 0 Å². The van der Waals surface area contributed by atoms with Crippen molar-refractivity contribution in [3.63, 3.8) is 0 Å². The normalized spacial score (nSPS) is 10.4. The molecule has 0 aromatic heterocycles. The average molecular weight is 339 g/mol. The summed E-state index contributed by atoms with van der Waals surface area (Å²) in [6.45, 7) is 6.35. The molecule has 132 valence electrons. The van der Waals surface area contributed by atoms with Gasteiger partial charge in [-0.1, -0.05) is 26.0 Å². The number of carbonyl (C=O) groups is 2. The van der Waals surface area contributed by atoms with Crippen molar-refractivity contribution >= 4 is 28.9 Å². The fourth-order valence-corrected chi connectivity index (χ4v) is 2.37. The molecule has 0 bridgehead atoms. The number of amides is 2. The molecule has 0 unspecified atom stereocenters. The third kappa shape index (κ3) is 6.30. The Morgan fingerprint density at radius 1 is 0.840 bits per heavy atom. The van der Waals surface area contributed by atoms with Crippen LogP contribution in [0.1, 0.15) is 38.7 Å². The van der Waals surface area contributed by atoms with E-state index in [2.05, 4.69) is 41.9 Å². The standard InChI is InChI=1S/C20H25N3O2/c1-14(2)16-4-6-17(7-5-16)21-13-12-20(25)23-19-10-8-18(9-11-19)22-15(3)24/h4-11,14,21H,12-13H2,1-3H3,(H,22,24)(H,23,25). The fraction of sp³-hybridized carbons (Fsp3) is 0.300. The van der Waals surface area contributed by atoms with Crippen LogP contribution in [0.2, 0.25) is 0 Å². The first kappa shape index (κ1) is 18.5. The molecular formula is C20H25N3O2. The van der Waals surface area contributed by atoms with Crippen molar-refractivity contribution in [3.05, 3.63) is 54.1 Å². The lowest BCUT2D eigenvalue weighted by Crippen LogP contribution is -2.16. The van der Waals surface area contributed by atoms with Gasteiger partial charge in [0.2, 0.25) is 11.8 Å². The minimum Gasteiger partial charge on any atom is -0.385 e. The van der Waals surface area contributed by atoms with Crippen molar-refractivity contribution in [3.8, 4) is 0 Å². The molecule has 0 aliphatic rings. The topological polar surface area (TPSA) is 70.2 Å². The van der Waals surface area contributed by atoms with E-state index < -0.39 is 0 Å². The number of anilines is 3. The zero-order valence-electron chi connectivity index (χ0n) is 14.9. The average Bonchev–Trinajstić information content (AvgIpc) is 2.56. The largest absolute Gasteiger partial charge is 0.385 e. The molecule has 0 aliphatic carbocycles. The summed E-state index contributed by atoms with van der Waals surface area (Å²) in [6, 6.07) is 15.3. The summed E-state index contributed by atoms with van der Waals surface area (Å²) in [6.07, 6.45) is 0.374. The van der Waals surface area contributed by atoms with Crippen LogP contribution in [0.4, 0.5) is 17.1 Å². The Balaban J connectivity index is 1.75. The van der Waals surface area contributed by atoms with Crippen molar-refractivity contribution in [2.45, 2.75) is 33.1 Å². The molecule has 25 heavy (non-hydrogen) atoms. The summed E-state index contributed by atoms with van der Waals surface area (Å²) in [5, 5.41) is 8.78. The monoisotopic (exact) mass is 339 g/mol.